The van der Waals surface area contributed by atoms with Crippen LogP contribution in [0.3, 0.4) is 0 Å². The van der Waals surface area contributed by atoms with Crippen LogP contribution in [0.1, 0.15) is 17.4 Å². The maximum Gasteiger partial charge on any atom is 0.331 e. The molecule has 1 atom stereocenters. The van der Waals surface area contributed by atoms with Crippen LogP contribution in [0.15, 0.2) is 76.1 Å². The van der Waals surface area contributed by atoms with Crippen LogP contribution < -0.4 is 0 Å². The number of amides is 1. The SMILES string of the molecule is O=C(O)[C@H](c1ccccc1)N1C(=O)/C(=C\c2ccc(-c3ccc(Cl)cc3)o2)SC1=S. The summed E-state index contributed by atoms with van der Waals surface area (Å²) in [5, 5.41) is 10.4. The van der Waals surface area contributed by atoms with E-state index < -0.39 is 17.9 Å². The lowest BCUT2D eigenvalue weighted by atomic mass is 10.1. The number of carboxylic acids is 1. The molecule has 4 rings (SSSR count). The molecule has 1 amide bonds. The van der Waals surface area contributed by atoms with Crippen molar-refractivity contribution in [3.05, 3.63) is 88.0 Å². The second kappa shape index (κ2) is 8.47. The Balaban J connectivity index is 1.62. The van der Waals surface area contributed by atoms with Crippen LogP contribution in [0.2, 0.25) is 5.02 Å². The fraction of sp³-hybridized carbons (Fsp3) is 0.0455. The molecule has 5 nitrogen and oxygen atoms in total. The molecule has 0 bridgehead atoms. The van der Waals surface area contributed by atoms with E-state index >= 15 is 0 Å². The van der Waals surface area contributed by atoms with Crippen molar-refractivity contribution < 1.29 is 19.1 Å². The highest BCUT2D eigenvalue weighted by atomic mass is 35.5. The Bertz CT molecular complexity index is 1160. The Kier molecular flexibility index (Phi) is 5.76. The smallest absolute Gasteiger partial charge is 0.331 e. The van der Waals surface area contributed by atoms with E-state index in [4.69, 9.17) is 28.2 Å². The molecule has 1 fully saturated rings. The minimum Gasteiger partial charge on any atom is -0.479 e. The van der Waals surface area contributed by atoms with Crippen molar-refractivity contribution in [1.29, 1.82) is 0 Å². The first kappa shape index (κ1) is 20.4. The minimum atomic E-state index is -1.19. The van der Waals surface area contributed by atoms with Crippen molar-refractivity contribution in [3.63, 3.8) is 0 Å². The van der Waals surface area contributed by atoms with E-state index in [1.165, 1.54) is 0 Å². The molecule has 1 aromatic heterocycles. The number of carbonyl (C=O) groups is 2. The van der Waals surface area contributed by atoms with E-state index in [1.807, 2.05) is 12.1 Å². The molecule has 3 aromatic rings. The normalized spacial score (nSPS) is 16.3. The van der Waals surface area contributed by atoms with Crippen LogP contribution in [0.4, 0.5) is 0 Å². The van der Waals surface area contributed by atoms with Gasteiger partial charge >= 0.3 is 5.97 Å². The predicted molar refractivity (Wildman–Crippen MR) is 121 cm³/mol. The molecule has 1 aliphatic rings. The molecule has 0 spiro atoms. The van der Waals surface area contributed by atoms with Crippen molar-refractivity contribution >= 4 is 57.9 Å². The molecule has 1 N–H and O–H groups in total. The fourth-order valence-electron chi connectivity index (χ4n) is 3.07. The molecule has 0 radical (unpaired) electrons. The fourth-order valence-corrected chi connectivity index (χ4v) is 4.49. The van der Waals surface area contributed by atoms with E-state index in [-0.39, 0.29) is 4.32 Å². The van der Waals surface area contributed by atoms with E-state index in [0.717, 1.165) is 22.2 Å². The summed E-state index contributed by atoms with van der Waals surface area (Å²) in [5.74, 6) is -0.527. The molecule has 0 unspecified atom stereocenters. The van der Waals surface area contributed by atoms with Gasteiger partial charge in [0.05, 0.1) is 4.91 Å². The van der Waals surface area contributed by atoms with Gasteiger partial charge in [0.2, 0.25) is 0 Å². The average molecular weight is 456 g/mol. The first-order valence-electron chi connectivity index (χ1n) is 8.84. The molecular formula is C22H14ClNO4S2. The highest BCUT2D eigenvalue weighted by Crippen LogP contribution is 2.38. The van der Waals surface area contributed by atoms with Crippen LogP contribution in [0.25, 0.3) is 17.4 Å². The third-order valence-corrected chi connectivity index (χ3v) is 6.04. The van der Waals surface area contributed by atoms with Crippen LogP contribution in [0, 0.1) is 0 Å². The summed E-state index contributed by atoms with van der Waals surface area (Å²) >= 11 is 12.3. The van der Waals surface area contributed by atoms with E-state index in [9.17, 15) is 14.7 Å². The first-order chi connectivity index (χ1) is 14.4. The predicted octanol–water partition coefficient (Wildman–Crippen LogP) is 5.63. The topological polar surface area (TPSA) is 70.8 Å². The van der Waals surface area contributed by atoms with Gasteiger partial charge in [-0.25, -0.2) is 4.79 Å². The van der Waals surface area contributed by atoms with Gasteiger partial charge in [0.25, 0.3) is 5.91 Å². The largest absolute Gasteiger partial charge is 0.479 e. The van der Waals surface area contributed by atoms with Gasteiger partial charge < -0.3 is 9.52 Å². The number of thioether (sulfide) groups is 1. The lowest BCUT2D eigenvalue weighted by Gasteiger charge is -2.23. The van der Waals surface area contributed by atoms with Gasteiger partial charge in [-0.05, 0) is 42.0 Å². The molecule has 30 heavy (non-hydrogen) atoms. The Hall–Kier alpha value is -2.87. The molecule has 150 valence electrons. The number of carbonyl (C=O) groups excluding carboxylic acids is 1. The lowest BCUT2D eigenvalue weighted by Crippen LogP contribution is -2.37. The summed E-state index contributed by atoms with van der Waals surface area (Å²) in [5.41, 5.74) is 1.33. The van der Waals surface area contributed by atoms with Gasteiger partial charge in [-0.1, -0.05) is 65.9 Å². The van der Waals surface area contributed by atoms with Crippen molar-refractivity contribution in [2.24, 2.45) is 0 Å². The van der Waals surface area contributed by atoms with Crippen LogP contribution >= 0.6 is 35.6 Å². The molecule has 8 heteroatoms. The number of carboxylic acid groups (broad SMARTS) is 1. The van der Waals surface area contributed by atoms with Crippen molar-refractivity contribution in [2.75, 3.05) is 0 Å². The quantitative estimate of drug-likeness (QED) is 0.397. The highest BCUT2D eigenvalue weighted by Gasteiger charge is 2.41. The average Bonchev–Trinajstić information content (AvgIpc) is 3.30. The maximum atomic E-state index is 13.0. The third-order valence-electron chi connectivity index (χ3n) is 4.46. The zero-order valence-corrected chi connectivity index (χ0v) is 17.7. The summed E-state index contributed by atoms with van der Waals surface area (Å²) in [7, 11) is 0. The first-order valence-corrected chi connectivity index (χ1v) is 10.4. The highest BCUT2D eigenvalue weighted by molar-refractivity contribution is 8.26. The Morgan fingerprint density at radius 2 is 1.80 bits per heavy atom. The maximum absolute atomic E-state index is 13.0. The number of hydrogen-bond acceptors (Lipinski definition) is 5. The van der Waals surface area contributed by atoms with Gasteiger partial charge in [0.15, 0.2) is 6.04 Å². The van der Waals surface area contributed by atoms with Crippen LogP contribution in [-0.4, -0.2) is 26.2 Å². The Morgan fingerprint density at radius 1 is 1.10 bits per heavy atom. The minimum absolute atomic E-state index is 0.187. The number of benzene rings is 2. The molecule has 2 heterocycles. The van der Waals surface area contributed by atoms with Gasteiger partial charge in [-0.3, -0.25) is 9.69 Å². The van der Waals surface area contributed by atoms with Crippen molar-refractivity contribution in [3.8, 4) is 11.3 Å². The van der Waals surface area contributed by atoms with Crippen molar-refractivity contribution in [1.82, 2.24) is 4.90 Å². The number of nitrogens with zero attached hydrogens (tertiary/aromatic N) is 1. The van der Waals surface area contributed by atoms with E-state index in [0.29, 0.717) is 27.0 Å². The standard InChI is InChI=1S/C22H14ClNO4S2/c23-15-8-6-13(7-9-15)17-11-10-16(28-17)12-18-20(25)24(22(29)30-18)19(21(26)27)14-4-2-1-3-5-14/h1-12,19H,(H,26,27)/b18-12+/t19-/m0/s1. The van der Waals surface area contributed by atoms with Crippen LogP contribution in [-0.2, 0) is 9.59 Å². The zero-order valence-electron chi connectivity index (χ0n) is 15.3. The summed E-state index contributed by atoms with van der Waals surface area (Å²) in [6.07, 6.45) is 1.57. The molecule has 0 saturated carbocycles. The van der Waals surface area contributed by atoms with E-state index in [2.05, 4.69) is 0 Å². The third kappa shape index (κ3) is 4.05. The number of aliphatic carboxylic acids is 1. The second-order valence-electron chi connectivity index (χ2n) is 6.41. The summed E-state index contributed by atoms with van der Waals surface area (Å²) in [4.78, 5) is 26.3. The van der Waals surface area contributed by atoms with Crippen LogP contribution in [0.5, 0.6) is 0 Å². The monoisotopic (exact) mass is 455 g/mol. The Labute approximate surface area is 186 Å². The summed E-state index contributed by atoms with van der Waals surface area (Å²) < 4.78 is 6.01. The van der Waals surface area contributed by atoms with E-state index in [1.54, 1.807) is 60.7 Å². The molecule has 0 aliphatic carbocycles. The number of halogens is 1. The zero-order chi connectivity index (χ0) is 21.3. The summed E-state index contributed by atoms with van der Waals surface area (Å²) in [6.45, 7) is 0. The van der Waals surface area contributed by atoms with Gasteiger partial charge in [-0.2, -0.15) is 0 Å². The number of hydrogen-bond donors (Lipinski definition) is 1. The Morgan fingerprint density at radius 3 is 2.47 bits per heavy atom. The molecule has 2 aromatic carbocycles. The number of furan rings is 1. The number of rotatable bonds is 5. The van der Waals surface area contributed by atoms with Gasteiger partial charge in [0.1, 0.15) is 15.8 Å². The number of thiocarbonyl (C=S) groups is 1. The van der Waals surface area contributed by atoms with Crippen molar-refractivity contribution in [2.45, 2.75) is 6.04 Å². The van der Waals surface area contributed by atoms with Gasteiger partial charge in [0, 0.05) is 16.7 Å². The lowest BCUT2D eigenvalue weighted by molar-refractivity contribution is -0.145. The van der Waals surface area contributed by atoms with Gasteiger partial charge in [-0.15, -0.1) is 0 Å². The molecule has 1 aliphatic heterocycles. The molecular weight excluding hydrogens is 442 g/mol. The molecule has 1 saturated heterocycles. The second-order valence-corrected chi connectivity index (χ2v) is 8.52. The summed E-state index contributed by atoms with van der Waals surface area (Å²) in [6, 6.07) is 18.1.